The summed E-state index contributed by atoms with van der Waals surface area (Å²) in [5, 5.41) is -0.188. The van der Waals surface area contributed by atoms with Crippen LogP contribution in [-0.2, 0) is 17.3 Å². The highest BCUT2D eigenvalue weighted by Crippen LogP contribution is 2.16. The molecule has 0 fully saturated rings. The number of rotatable bonds is 4. The minimum absolute atomic E-state index is 0.0847. The van der Waals surface area contributed by atoms with E-state index >= 15 is 0 Å². The molecule has 0 radical (unpaired) electrons. The minimum atomic E-state index is -1.10. The monoisotopic (exact) mass is 292 g/mol. The van der Waals surface area contributed by atoms with E-state index in [0.29, 0.717) is 5.56 Å². The fourth-order valence-electron chi connectivity index (χ4n) is 1.59. The normalized spacial score (nSPS) is 14.8. The van der Waals surface area contributed by atoms with E-state index in [-0.39, 0.29) is 22.9 Å². The SMILES string of the molecule is CC(C)c1c(Cl)[nH]c(=O)n(CC(C)S(C)=O)c1=O. The maximum absolute atomic E-state index is 12.2. The van der Waals surface area contributed by atoms with E-state index in [4.69, 9.17) is 11.6 Å². The van der Waals surface area contributed by atoms with Crippen LogP contribution in [0.25, 0.3) is 0 Å². The molecule has 2 atom stereocenters. The summed E-state index contributed by atoms with van der Waals surface area (Å²) in [5.74, 6) is -0.0875. The number of hydrogen-bond donors (Lipinski definition) is 1. The van der Waals surface area contributed by atoms with Crippen molar-refractivity contribution in [2.24, 2.45) is 0 Å². The molecular weight excluding hydrogens is 276 g/mol. The third-order valence-electron chi connectivity index (χ3n) is 2.76. The Morgan fingerprint density at radius 3 is 2.33 bits per heavy atom. The molecule has 0 aliphatic rings. The van der Waals surface area contributed by atoms with Gasteiger partial charge in [0.15, 0.2) is 0 Å². The van der Waals surface area contributed by atoms with Gasteiger partial charge in [-0.3, -0.25) is 18.6 Å². The highest BCUT2D eigenvalue weighted by Gasteiger charge is 2.17. The van der Waals surface area contributed by atoms with Crippen molar-refractivity contribution in [3.8, 4) is 0 Å². The van der Waals surface area contributed by atoms with Gasteiger partial charge in [-0.1, -0.05) is 25.4 Å². The van der Waals surface area contributed by atoms with E-state index in [2.05, 4.69) is 4.98 Å². The van der Waals surface area contributed by atoms with Gasteiger partial charge in [0.2, 0.25) is 0 Å². The maximum Gasteiger partial charge on any atom is 0.329 e. The predicted octanol–water partition coefficient (Wildman–Crippen LogP) is 1.08. The largest absolute Gasteiger partial charge is 0.329 e. The molecule has 18 heavy (non-hydrogen) atoms. The highest BCUT2D eigenvalue weighted by atomic mass is 35.5. The van der Waals surface area contributed by atoms with Gasteiger partial charge >= 0.3 is 5.69 Å². The van der Waals surface area contributed by atoms with Gasteiger partial charge in [-0.05, 0) is 12.8 Å². The van der Waals surface area contributed by atoms with Gasteiger partial charge < -0.3 is 0 Å². The van der Waals surface area contributed by atoms with Crippen molar-refractivity contribution in [1.29, 1.82) is 0 Å². The predicted molar refractivity (Wildman–Crippen MR) is 74.0 cm³/mol. The summed E-state index contributed by atoms with van der Waals surface area (Å²) in [6.45, 7) is 5.50. The zero-order valence-electron chi connectivity index (χ0n) is 10.8. The molecule has 1 aromatic rings. The van der Waals surface area contributed by atoms with Crippen LogP contribution in [0.15, 0.2) is 9.59 Å². The van der Waals surface area contributed by atoms with Crippen molar-refractivity contribution in [3.63, 3.8) is 0 Å². The zero-order valence-corrected chi connectivity index (χ0v) is 12.4. The lowest BCUT2D eigenvalue weighted by Gasteiger charge is -2.13. The second-order valence-electron chi connectivity index (χ2n) is 4.54. The third kappa shape index (κ3) is 3.11. The van der Waals surface area contributed by atoms with Gasteiger partial charge in [-0.2, -0.15) is 0 Å². The molecule has 0 aliphatic carbocycles. The third-order valence-corrected chi connectivity index (χ3v) is 4.34. The van der Waals surface area contributed by atoms with Crippen molar-refractivity contribution in [2.75, 3.05) is 6.26 Å². The molecule has 1 aromatic heterocycles. The molecule has 102 valence electrons. The van der Waals surface area contributed by atoms with Crippen molar-refractivity contribution < 1.29 is 4.21 Å². The molecular formula is C11H17ClN2O3S. The zero-order chi connectivity index (χ0) is 14.0. The number of aromatic amines is 1. The summed E-state index contributed by atoms with van der Waals surface area (Å²) in [5.41, 5.74) is -0.590. The second kappa shape index (κ2) is 5.84. The quantitative estimate of drug-likeness (QED) is 0.844. The number of hydrogen-bond acceptors (Lipinski definition) is 3. The Kier molecular flexibility index (Phi) is 4.92. The Morgan fingerprint density at radius 1 is 1.33 bits per heavy atom. The van der Waals surface area contributed by atoms with E-state index in [0.717, 1.165) is 4.57 Å². The molecule has 1 heterocycles. The van der Waals surface area contributed by atoms with Crippen LogP contribution in [0.2, 0.25) is 5.15 Å². The van der Waals surface area contributed by atoms with Crippen LogP contribution < -0.4 is 11.2 Å². The lowest BCUT2D eigenvalue weighted by Crippen LogP contribution is -2.40. The Labute approximate surface area is 113 Å². The Balaban J connectivity index is 3.37. The van der Waals surface area contributed by atoms with Crippen LogP contribution in [0.1, 0.15) is 32.3 Å². The average Bonchev–Trinajstić information content (AvgIpc) is 2.22. The lowest BCUT2D eigenvalue weighted by molar-refractivity contribution is 0.594. The van der Waals surface area contributed by atoms with Crippen LogP contribution in [0, 0.1) is 0 Å². The second-order valence-corrected chi connectivity index (χ2v) is 6.72. The molecule has 0 bridgehead atoms. The molecule has 5 nitrogen and oxygen atoms in total. The lowest BCUT2D eigenvalue weighted by atomic mass is 10.1. The van der Waals surface area contributed by atoms with Crippen molar-refractivity contribution >= 4 is 22.4 Å². The van der Waals surface area contributed by atoms with Gasteiger partial charge in [0.25, 0.3) is 5.56 Å². The first-order chi connectivity index (χ1) is 8.25. The Morgan fingerprint density at radius 2 is 1.89 bits per heavy atom. The molecule has 7 heteroatoms. The van der Waals surface area contributed by atoms with Crippen molar-refractivity contribution in [3.05, 3.63) is 31.6 Å². The van der Waals surface area contributed by atoms with Crippen molar-refractivity contribution in [2.45, 2.75) is 38.5 Å². The van der Waals surface area contributed by atoms with Gasteiger partial charge in [0, 0.05) is 28.9 Å². The van der Waals surface area contributed by atoms with Crippen LogP contribution in [0.3, 0.4) is 0 Å². The fraction of sp³-hybridized carbons (Fsp3) is 0.636. The summed E-state index contributed by atoms with van der Waals surface area (Å²) >= 11 is 5.87. The number of nitrogens with one attached hydrogen (secondary N) is 1. The van der Waals surface area contributed by atoms with E-state index in [1.165, 1.54) is 0 Å². The van der Waals surface area contributed by atoms with E-state index in [1.807, 2.05) is 13.8 Å². The maximum atomic E-state index is 12.2. The molecule has 0 saturated carbocycles. The number of H-pyrrole nitrogens is 1. The van der Waals surface area contributed by atoms with Crippen LogP contribution in [-0.4, -0.2) is 25.3 Å². The number of nitrogens with zero attached hydrogens (tertiary/aromatic N) is 1. The molecule has 1 N–H and O–H groups in total. The minimum Gasteiger partial charge on any atom is -0.297 e. The van der Waals surface area contributed by atoms with Crippen LogP contribution >= 0.6 is 11.6 Å². The van der Waals surface area contributed by atoms with E-state index < -0.39 is 22.0 Å². The fourth-order valence-corrected chi connectivity index (χ4v) is 2.33. The molecule has 2 unspecified atom stereocenters. The smallest absolute Gasteiger partial charge is 0.297 e. The summed E-state index contributed by atoms with van der Waals surface area (Å²) < 4.78 is 12.4. The Bertz CT molecular complexity index is 577. The number of aromatic nitrogens is 2. The molecule has 0 amide bonds. The summed E-state index contributed by atoms with van der Waals surface area (Å²) in [4.78, 5) is 26.3. The molecule has 0 spiro atoms. The van der Waals surface area contributed by atoms with Gasteiger partial charge in [-0.25, -0.2) is 4.79 Å². The van der Waals surface area contributed by atoms with Crippen molar-refractivity contribution in [1.82, 2.24) is 9.55 Å². The Hall–Kier alpha value is -0.880. The summed E-state index contributed by atoms with van der Waals surface area (Å²) in [6.07, 6.45) is 1.54. The van der Waals surface area contributed by atoms with Gasteiger partial charge in [0.05, 0.1) is 5.56 Å². The van der Waals surface area contributed by atoms with Crippen LogP contribution in [0.5, 0.6) is 0 Å². The molecule has 0 saturated heterocycles. The summed E-state index contributed by atoms with van der Waals surface area (Å²) in [7, 11) is -1.10. The van der Waals surface area contributed by atoms with Gasteiger partial charge in [-0.15, -0.1) is 0 Å². The topological polar surface area (TPSA) is 71.9 Å². The van der Waals surface area contributed by atoms with Gasteiger partial charge in [0.1, 0.15) is 5.15 Å². The van der Waals surface area contributed by atoms with E-state index in [9.17, 15) is 13.8 Å². The average molecular weight is 293 g/mol. The molecule has 0 aromatic carbocycles. The summed E-state index contributed by atoms with van der Waals surface area (Å²) in [6, 6.07) is 0. The molecule has 0 aliphatic heterocycles. The van der Waals surface area contributed by atoms with Crippen LogP contribution in [0.4, 0.5) is 0 Å². The molecule has 1 rings (SSSR count). The standard InChI is InChI=1S/C11H17ClN2O3S/c1-6(2)8-9(12)13-11(16)14(10(8)15)5-7(3)18(4)17/h6-7H,5H2,1-4H3,(H,13,16). The number of halogens is 1. The highest BCUT2D eigenvalue weighted by molar-refractivity contribution is 7.84. The first-order valence-electron chi connectivity index (χ1n) is 5.60. The first kappa shape index (κ1) is 15.2. The first-order valence-corrected chi connectivity index (χ1v) is 7.60. The van der Waals surface area contributed by atoms with E-state index in [1.54, 1.807) is 13.2 Å².